The number of rotatable bonds is 10. The summed E-state index contributed by atoms with van der Waals surface area (Å²) in [6.45, 7) is 4.52. The van der Waals surface area contributed by atoms with Crippen molar-refractivity contribution in [2.75, 3.05) is 19.6 Å². The number of imide groups is 2. The normalized spacial score (nSPS) is 25.4. The third-order valence-electron chi connectivity index (χ3n) is 11.0. The third-order valence-corrected chi connectivity index (χ3v) is 11.0. The van der Waals surface area contributed by atoms with E-state index in [1.165, 1.54) is 4.90 Å². The van der Waals surface area contributed by atoms with Crippen LogP contribution in [0.2, 0.25) is 0 Å². The molecule has 4 aliphatic rings. The maximum atomic E-state index is 15.2. The van der Waals surface area contributed by atoms with Gasteiger partial charge in [-0.1, -0.05) is 61.0 Å². The van der Waals surface area contributed by atoms with Gasteiger partial charge in [0.2, 0.25) is 17.7 Å². The Labute approximate surface area is 280 Å². The topological polar surface area (TPSA) is 132 Å². The van der Waals surface area contributed by atoms with Gasteiger partial charge in [-0.2, -0.15) is 0 Å². The van der Waals surface area contributed by atoms with Crippen molar-refractivity contribution in [1.82, 2.24) is 25.4 Å². The average Bonchev–Trinajstić information content (AvgIpc) is 3.79. The van der Waals surface area contributed by atoms with Gasteiger partial charge in [0.25, 0.3) is 5.91 Å². The Morgan fingerprint density at radius 3 is 2.42 bits per heavy atom. The first-order chi connectivity index (χ1) is 23.3. The molecular weight excluding hydrogens is 606 g/mol. The smallest absolute Gasteiger partial charge is 0.325 e. The van der Waals surface area contributed by atoms with Gasteiger partial charge in [0.15, 0.2) is 0 Å². The van der Waals surface area contributed by atoms with Gasteiger partial charge in [-0.25, -0.2) is 9.69 Å². The molecule has 3 aromatic rings. The monoisotopic (exact) mass is 649 g/mol. The molecule has 4 atom stereocenters. The second kappa shape index (κ2) is 12.7. The number of urea groups is 1. The lowest BCUT2D eigenvalue weighted by Crippen LogP contribution is -2.73. The van der Waals surface area contributed by atoms with Crippen LogP contribution >= 0.6 is 0 Å². The number of carbonyl (C=O) groups excluding carboxylic acids is 5. The second-order valence-electron chi connectivity index (χ2n) is 13.6. The Balaban J connectivity index is 1.36. The van der Waals surface area contributed by atoms with Gasteiger partial charge in [0.1, 0.15) is 5.54 Å². The summed E-state index contributed by atoms with van der Waals surface area (Å²) in [5.41, 5.74) is 2.19. The quantitative estimate of drug-likeness (QED) is 0.278. The molecule has 10 heteroatoms. The van der Waals surface area contributed by atoms with E-state index in [-0.39, 0.29) is 31.3 Å². The molecule has 250 valence electrons. The molecule has 2 aliphatic carbocycles. The Morgan fingerprint density at radius 1 is 0.938 bits per heavy atom. The van der Waals surface area contributed by atoms with Gasteiger partial charge in [-0.05, 0) is 68.6 Å². The maximum Gasteiger partial charge on any atom is 0.325 e. The third kappa shape index (κ3) is 5.22. The maximum absolute atomic E-state index is 15.2. The minimum atomic E-state index is -1.79. The fraction of sp³-hybridized carbons (Fsp3) is 0.447. The van der Waals surface area contributed by atoms with Crippen molar-refractivity contribution >= 4 is 40.6 Å². The van der Waals surface area contributed by atoms with E-state index < -0.39 is 41.1 Å². The summed E-state index contributed by atoms with van der Waals surface area (Å²) in [7, 11) is 0. The molecule has 1 aromatic heterocycles. The number of aromatic nitrogens is 1. The summed E-state index contributed by atoms with van der Waals surface area (Å²) in [6, 6.07) is 16.7. The van der Waals surface area contributed by atoms with E-state index in [9.17, 15) is 19.2 Å². The Bertz CT molecular complexity index is 1810. The first-order valence-electron chi connectivity index (χ1n) is 17.4. The number of fused-ring (bicyclic) bond motifs is 4. The number of aromatic amines is 1. The zero-order valence-electron chi connectivity index (χ0n) is 27.6. The lowest BCUT2D eigenvalue weighted by Gasteiger charge is -2.54. The number of para-hydroxylation sites is 1. The fourth-order valence-corrected chi connectivity index (χ4v) is 8.51. The lowest BCUT2D eigenvalue weighted by molar-refractivity contribution is -0.151. The second-order valence-corrected chi connectivity index (χ2v) is 13.6. The van der Waals surface area contributed by atoms with E-state index in [1.54, 1.807) is 6.92 Å². The van der Waals surface area contributed by atoms with Gasteiger partial charge < -0.3 is 15.6 Å². The van der Waals surface area contributed by atoms with Crippen LogP contribution in [0.15, 0.2) is 71.9 Å². The highest BCUT2D eigenvalue weighted by atomic mass is 16.2. The number of likely N-dealkylation sites (tertiary alicyclic amines) is 1. The standard InChI is InChI=1S/C38H43N5O5/c1-3-26-28-16-17-29-31(35(46)42(4-2)33(29)44)32(28)38(20-23-10-6-5-7-11-23,43(34(26)45)37(48)41-21-24-14-15-24)36(47)39-19-18-25-22-40-30-13-9-8-12-27(25)30/h5-13,22,24,29,31-32,40H,3-4,14-21H2,1-2H3,(H,39,47)(H,41,48)/t29-,31-,32+,38+/m1/s1. The summed E-state index contributed by atoms with van der Waals surface area (Å²) < 4.78 is 0. The Hall–Kier alpha value is -4.73. The van der Waals surface area contributed by atoms with Crippen LogP contribution < -0.4 is 10.6 Å². The van der Waals surface area contributed by atoms with Gasteiger partial charge >= 0.3 is 6.03 Å². The van der Waals surface area contributed by atoms with E-state index in [0.717, 1.165) is 45.3 Å². The van der Waals surface area contributed by atoms with Crippen LogP contribution in [0.3, 0.4) is 0 Å². The molecule has 3 fully saturated rings. The molecule has 3 N–H and O–H groups in total. The molecule has 7 rings (SSSR count). The number of amides is 6. The Kier molecular flexibility index (Phi) is 8.43. The van der Waals surface area contributed by atoms with Crippen molar-refractivity contribution in [3.8, 4) is 0 Å². The molecule has 3 heterocycles. The van der Waals surface area contributed by atoms with E-state index in [0.29, 0.717) is 43.7 Å². The van der Waals surface area contributed by atoms with E-state index in [2.05, 4.69) is 15.6 Å². The van der Waals surface area contributed by atoms with Crippen LogP contribution in [0.5, 0.6) is 0 Å². The molecule has 0 bridgehead atoms. The minimum absolute atomic E-state index is 0.0112. The summed E-state index contributed by atoms with van der Waals surface area (Å²) in [5.74, 6) is -3.55. The van der Waals surface area contributed by atoms with Crippen LogP contribution in [0, 0.1) is 23.7 Å². The number of H-pyrrole nitrogens is 1. The molecule has 6 amide bonds. The molecule has 1 saturated heterocycles. The first-order valence-corrected chi connectivity index (χ1v) is 17.4. The van der Waals surface area contributed by atoms with Crippen LogP contribution in [-0.2, 0) is 32.0 Å². The van der Waals surface area contributed by atoms with Crippen LogP contribution in [0.1, 0.15) is 57.1 Å². The highest BCUT2D eigenvalue weighted by molar-refractivity contribution is 6.13. The van der Waals surface area contributed by atoms with E-state index >= 15 is 4.79 Å². The highest BCUT2D eigenvalue weighted by Crippen LogP contribution is 2.55. The van der Waals surface area contributed by atoms with E-state index in [4.69, 9.17) is 0 Å². The van der Waals surface area contributed by atoms with Crippen LogP contribution in [0.4, 0.5) is 4.79 Å². The van der Waals surface area contributed by atoms with Crippen molar-refractivity contribution < 1.29 is 24.0 Å². The predicted octanol–water partition coefficient (Wildman–Crippen LogP) is 4.51. The number of benzene rings is 2. The summed E-state index contributed by atoms with van der Waals surface area (Å²) in [5, 5.41) is 7.17. The van der Waals surface area contributed by atoms with Crippen molar-refractivity contribution in [3.63, 3.8) is 0 Å². The largest absolute Gasteiger partial charge is 0.361 e. The average molecular weight is 650 g/mol. The van der Waals surface area contributed by atoms with Gasteiger partial charge in [-0.15, -0.1) is 0 Å². The Morgan fingerprint density at radius 2 is 1.69 bits per heavy atom. The minimum Gasteiger partial charge on any atom is -0.361 e. The molecule has 10 nitrogen and oxygen atoms in total. The zero-order valence-corrected chi connectivity index (χ0v) is 27.6. The van der Waals surface area contributed by atoms with Gasteiger partial charge in [0, 0.05) is 54.6 Å². The van der Waals surface area contributed by atoms with Crippen molar-refractivity contribution in [1.29, 1.82) is 0 Å². The predicted molar refractivity (Wildman–Crippen MR) is 180 cm³/mol. The first kappa shape index (κ1) is 31.8. The number of hydrogen-bond acceptors (Lipinski definition) is 5. The van der Waals surface area contributed by atoms with Crippen molar-refractivity contribution in [2.24, 2.45) is 23.7 Å². The van der Waals surface area contributed by atoms with Crippen LogP contribution in [-0.4, -0.2) is 69.6 Å². The number of nitrogens with one attached hydrogen (secondary N) is 3. The van der Waals surface area contributed by atoms with Crippen molar-refractivity contribution in [3.05, 3.63) is 83.1 Å². The number of nitrogens with zero attached hydrogens (tertiary/aromatic N) is 2. The van der Waals surface area contributed by atoms with Gasteiger partial charge in [-0.3, -0.25) is 24.1 Å². The summed E-state index contributed by atoms with van der Waals surface area (Å²) in [6.07, 6.45) is 5.63. The number of hydrogen-bond donors (Lipinski definition) is 3. The molecule has 0 unspecified atom stereocenters. The summed E-state index contributed by atoms with van der Waals surface area (Å²) >= 11 is 0. The highest BCUT2D eigenvalue weighted by Gasteiger charge is 2.67. The van der Waals surface area contributed by atoms with Crippen molar-refractivity contribution in [2.45, 2.75) is 64.3 Å². The van der Waals surface area contributed by atoms with Crippen LogP contribution in [0.25, 0.3) is 10.9 Å². The molecule has 2 aliphatic heterocycles. The molecule has 2 saturated carbocycles. The fourth-order valence-electron chi connectivity index (χ4n) is 8.51. The van der Waals surface area contributed by atoms with Gasteiger partial charge in [0.05, 0.1) is 11.8 Å². The SMILES string of the molecule is CCC1=C2CC[C@H]3C(=O)N(CC)C(=O)[C@H]3[C@H]2[C@@](Cc2ccccc2)(C(=O)NCCc2c[nH]c3ccccc23)N(C(=O)NCC2CC2)C1=O. The molecule has 2 aromatic carbocycles. The zero-order chi connectivity index (χ0) is 33.6. The number of carbonyl (C=O) groups is 5. The summed E-state index contributed by atoms with van der Waals surface area (Å²) in [4.78, 5) is 77.8. The van der Waals surface area contributed by atoms with E-state index in [1.807, 2.05) is 67.7 Å². The molecule has 0 radical (unpaired) electrons. The molecule has 48 heavy (non-hydrogen) atoms. The lowest BCUT2D eigenvalue weighted by atomic mass is 9.57. The molecule has 0 spiro atoms. The molecular formula is C38H43N5O5.